The lowest BCUT2D eigenvalue weighted by molar-refractivity contribution is -0.0256. The lowest BCUT2D eigenvalue weighted by atomic mass is 9.84. The summed E-state index contributed by atoms with van der Waals surface area (Å²) in [6, 6.07) is 17.6. The zero-order valence-electron chi connectivity index (χ0n) is 20.0. The number of pyridine rings is 1. The summed E-state index contributed by atoms with van der Waals surface area (Å²) in [5, 5.41) is 24.1. The van der Waals surface area contributed by atoms with E-state index in [1.165, 1.54) is 11.6 Å². The van der Waals surface area contributed by atoms with Gasteiger partial charge in [-0.05, 0) is 35.6 Å². The number of rotatable bonds is 3. The maximum absolute atomic E-state index is 13.7. The van der Waals surface area contributed by atoms with Gasteiger partial charge in [0, 0.05) is 22.9 Å². The van der Waals surface area contributed by atoms with Crippen LogP contribution in [0, 0.1) is 0 Å². The Bertz CT molecular complexity index is 1330. The van der Waals surface area contributed by atoms with Gasteiger partial charge in [-0.3, -0.25) is 19.3 Å². The maximum atomic E-state index is 13.7. The first-order valence-electron chi connectivity index (χ1n) is 12.5. The molecule has 1 unspecified atom stereocenters. The topological polar surface area (TPSA) is 86.0 Å². The van der Waals surface area contributed by atoms with Gasteiger partial charge in [-0.25, -0.2) is 0 Å². The number of carbonyl (C=O) groups excluding carboxylic acids is 1. The molecule has 0 radical (unpaired) electrons. The summed E-state index contributed by atoms with van der Waals surface area (Å²) < 4.78 is 1.63. The number of hydrogen-bond acceptors (Lipinski definition) is 6. The minimum absolute atomic E-state index is 0.0555. The average Bonchev–Trinajstić information content (AvgIpc) is 3.05. The van der Waals surface area contributed by atoms with Crippen molar-refractivity contribution in [3.63, 3.8) is 0 Å². The summed E-state index contributed by atoms with van der Waals surface area (Å²) in [7, 11) is 0. The van der Waals surface area contributed by atoms with Gasteiger partial charge < -0.3 is 15.1 Å². The Hall–Kier alpha value is -3.23. The molecular formula is C28H29N3O4S. The Labute approximate surface area is 213 Å². The van der Waals surface area contributed by atoms with Crippen LogP contribution in [0.5, 0.6) is 5.75 Å². The van der Waals surface area contributed by atoms with Crippen molar-refractivity contribution in [3.05, 3.63) is 93.4 Å². The molecule has 1 aliphatic carbocycles. The molecule has 1 amide bonds. The van der Waals surface area contributed by atoms with E-state index in [1.807, 2.05) is 29.3 Å². The van der Waals surface area contributed by atoms with Gasteiger partial charge in [0.05, 0.1) is 18.2 Å². The van der Waals surface area contributed by atoms with Crippen LogP contribution in [0.1, 0.15) is 65.3 Å². The number of benzene rings is 2. The molecule has 36 heavy (non-hydrogen) atoms. The number of aromatic nitrogens is 1. The van der Waals surface area contributed by atoms with Gasteiger partial charge in [0.25, 0.3) is 5.91 Å². The van der Waals surface area contributed by atoms with Crippen LogP contribution in [0.15, 0.2) is 70.5 Å². The van der Waals surface area contributed by atoms with Gasteiger partial charge >= 0.3 is 0 Å². The predicted molar refractivity (Wildman–Crippen MR) is 139 cm³/mol. The lowest BCUT2D eigenvalue weighted by Gasteiger charge is -2.46. The molecule has 2 aromatic carbocycles. The van der Waals surface area contributed by atoms with Crippen molar-refractivity contribution >= 4 is 17.7 Å². The second-order valence-electron chi connectivity index (χ2n) is 10.0. The number of amides is 1. The van der Waals surface area contributed by atoms with Crippen molar-refractivity contribution in [3.8, 4) is 5.75 Å². The monoisotopic (exact) mass is 503 g/mol. The average molecular weight is 504 g/mol. The second kappa shape index (κ2) is 9.01. The second-order valence-corrected chi connectivity index (χ2v) is 11.0. The number of aromatic hydroxyl groups is 1. The van der Waals surface area contributed by atoms with Crippen molar-refractivity contribution in [1.82, 2.24) is 9.58 Å². The predicted octanol–water partition coefficient (Wildman–Crippen LogP) is 4.00. The Morgan fingerprint density at radius 3 is 2.47 bits per heavy atom. The first-order valence-corrected chi connectivity index (χ1v) is 13.5. The third-order valence-electron chi connectivity index (χ3n) is 7.65. The SMILES string of the molecule is O=C1c2c(O)c(=O)ccn2N(C2c3ccccc3CSc3ccccc32)CN1CC1(O)CCCCC1. The van der Waals surface area contributed by atoms with Crippen LogP contribution in [0.4, 0.5) is 0 Å². The van der Waals surface area contributed by atoms with Gasteiger partial charge in [-0.1, -0.05) is 61.7 Å². The molecule has 1 fully saturated rings. The largest absolute Gasteiger partial charge is 0.502 e. The number of thioether (sulfide) groups is 1. The molecule has 3 aliphatic rings. The van der Waals surface area contributed by atoms with E-state index in [-0.39, 0.29) is 24.9 Å². The van der Waals surface area contributed by atoms with Gasteiger partial charge in [-0.2, -0.15) is 0 Å². The van der Waals surface area contributed by atoms with E-state index in [2.05, 4.69) is 24.3 Å². The molecule has 0 bridgehead atoms. The number of carbonyl (C=O) groups is 1. The van der Waals surface area contributed by atoms with Crippen molar-refractivity contribution in [2.45, 2.75) is 54.4 Å². The van der Waals surface area contributed by atoms with Crippen LogP contribution in [-0.4, -0.2) is 44.5 Å². The van der Waals surface area contributed by atoms with E-state index in [1.54, 1.807) is 27.5 Å². The lowest BCUT2D eigenvalue weighted by Crippen LogP contribution is -2.59. The molecule has 0 saturated heterocycles. The number of nitrogens with zero attached hydrogens (tertiary/aromatic N) is 3. The van der Waals surface area contributed by atoms with Crippen LogP contribution in [0.3, 0.4) is 0 Å². The molecule has 7 nitrogen and oxygen atoms in total. The number of hydrogen-bond donors (Lipinski definition) is 2. The van der Waals surface area contributed by atoms with E-state index in [0.717, 1.165) is 41.0 Å². The highest BCUT2D eigenvalue weighted by atomic mass is 32.2. The molecule has 2 aliphatic heterocycles. The molecule has 6 rings (SSSR count). The Balaban J connectivity index is 1.52. The van der Waals surface area contributed by atoms with Gasteiger partial charge in [0.1, 0.15) is 6.67 Å². The van der Waals surface area contributed by atoms with Crippen molar-refractivity contribution < 1.29 is 15.0 Å². The fourth-order valence-corrected chi connectivity index (χ4v) is 6.95. The maximum Gasteiger partial charge on any atom is 0.277 e. The highest BCUT2D eigenvalue weighted by Crippen LogP contribution is 2.43. The van der Waals surface area contributed by atoms with Crippen LogP contribution in [0.25, 0.3) is 0 Å². The fourth-order valence-electron chi connectivity index (χ4n) is 5.85. The summed E-state index contributed by atoms with van der Waals surface area (Å²) in [6.45, 7) is 0.379. The Kier molecular flexibility index (Phi) is 5.80. The standard InChI is InChI=1S/C28H29N3O4S/c32-22-12-15-30-25(26(22)33)27(34)29(17-28(35)13-6-1-7-14-28)18-31(30)24-20-9-3-2-8-19(20)16-36-23-11-5-4-10-21(23)24/h2-5,8-12,15,24,33,35H,1,6-7,13-14,16-18H2. The molecule has 1 atom stereocenters. The molecule has 0 spiro atoms. The van der Waals surface area contributed by atoms with Crippen molar-refractivity contribution in [1.29, 1.82) is 0 Å². The molecular weight excluding hydrogens is 474 g/mol. The summed E-state index contributed by atoms with van der Waals surface area (Å²) in [6.07, 6.45) is 5.76. The van der Waals surface area contributed by atoms with Crippen LogP contribution in [-0.2, 0) is 5.75 Å². The molecule has 1 aromatic heterocycles. The van der Waals surface area contributed by atoms with Crippen LogP contribution >= 0.6 is 11.8 Å². The van der Waals surface area contributed by atoms with Gasteiger partial charge in [-0.15, -0.1) is 11.8 Å². The zero-order valence-corrected chi connectivity index (χ0v) is 20.8. The summed E-state index contributed by atoms with van der Waals surface area (Å²) >= 11 is 1.78. The third-order valence-corrected chi connectivity index (χ3v) is 8.79. The fraction of sp³-hybridized carbons (Fsp3) is 0.357. The molecule has 3 aromatic rings. The highest BCUT2D eigenvalue weighted by molar-refractivity contribution is 7.98. The quantitative estimate of drug-likeness (QED) is 0.562. The van der Waals surface area contributed by atoms with E-state index >= 15 is 0 Å². The third kappa shape index (κ3) is 3.89. The van der Waals surface area contributed by atoms with Crippen LogP contribution < -0.4 is 10.4 Å². The first kappa shape index (κ1) is 23.2. The summed E-state index contributed by atoms with van der Waals surface area (Å²) in [4.78, 5) is 28.8. The molecule has 2 N–H and O–H groups in total. The van der Waals surface area contributed by atoms with E-state index in [4.69, 9.17) is 0 Å². The van der Waals surface area contributed by atoms with E-state index in [0.29, 0.717) is 12.8 Å². The normalized spacial score (nSPS) is 20.8. The van der Waals surface area contributed by atoms with Gasteiger partial charge in [0.2, 0.25) is 5.43 Å². The van der Waals surface area contributed by atoms with Crippen molar-refractivity contribution in [2.75, 3.05) is 18.2 Å². The van der Waals surface area contributed by atoms with Crippen LogP contribution in [0.2, 0.25) is 0 Å². The van der Waals surface area contributed by atoms with E-state index < -0.39 is 22.7 Å². The Morgan fingerprint density at radius 1 is 0.944 bits per heavy atom. The summed E-state index contributed by atoms with van der Waals surface area (Å²) in [5.41, 5.74) is 1.80. The summed E-state index contributed by atoms with van der Waals surface area (Å²) in [5.74, 6) is -0.176. The number of aliphatic hydroxyl groups is 1. The highest BCUT2D eigenvalue weighted by Gasteiger charge is 2.41. The molecule has 1 saturated carbocycles. The number of fused-ring (bicyclic) bond motifs is 3. The minimum atomic E-state index is -0.971. The van der Waals surface area contributed by atoms with Crippen molar-refractivity contribution in [2.24, 2.45) is 0 Å². The Morgan fingerprint density at radius 2 is 1.67 bits per heavy atom. The van der Waals surface area contributed by atoms with E-state index in [9.17, 15) is 19.8 Å². The smallest absolute Gasteiger partial charge is 0.277 e. The molecule has 186 valence electrons. The molecule has 3 heterocycles. The van der Waals surface area contributed by atoms with Gasteiger partial charge in [0.15, 0.2) is 11.4 Å². The minimum Gasteiger partial charge on any atom is -0.502 e. The zero-order chi connectivity index (χ0) is 24.9. The first-order chi connectivity index (χ1) is 17.5. The molecule has 8 heteroatoms. The number of β-amino-alcohol motifs (C(OH)–C–C–N with tert-alkyl or cyclic N) is 1.